The van der Waals surface area contributed by atoms with Gasteiger partial charge in [-0.3, -0.25) is 4.79 Å². The van der Waals surface area contributed by atoms with Gasteiger partial charge in [-0.2, -0.15) is 0 Å². The van der Waals surface area contributed by atoms with Gasteiger partial charge < -0.3 is 10.0 Å². The first kappa shape index (κ1) is 11.4. The summed E-state index contributed by atoms with van der Waals surface area (Å²) in [5, 5.41) is 10.9. The molecule has 1 heterocycles. The van der Waals surface area contributed by atoms with Crippen LogP contribution in [-0.4, -0.2) is 29.7 Å². The second-order valence-corrected chi connectivity index (χ2v) is 4.06. The first-order valence-electron chi connectivity index (χ1n) is 5.37. The van der Waals surface area contributed by atoms with E-state index < -0.39 is 5.97 Å². The van der Waals surface area contributed by atoms with E-state index >= 15 is 0 Å². The van der Waals surface area contributed by atoms with Gasteiger partial charge in [0.15, 0.2) is 0 Å². The molecule has 88 valence electrons. The molecule has 0 atom stereocenters. The zero-order chi connectivity index (χ0) is 12.4. The smallest absolute Gasteiger partial charge is 0.323 e. The lowest BCUT2D eigenvalue weighted by Gasteiger charge is -2.18. The fourth-order valence-corrected chi connectivity index (χ4v) is 1.95. The Labute approximate surface area is 99.5 Å². The molecule has 0 bridgehead atoms. The lowest BCUT2D eigenvalue weighted by atomic mass is 10.1. The first-order valence-corrected chi connectivity index (χ1v) is 5.37. The van der Waals surface area contributed by atoms with Crippen LogP contribution in [0.4, 0.5) is 5.82 Å². The summed E-state index contributed by atoms with van der Waals surface area (Å²) >= 11 is 0. The molecule has 0 aliphatic heterocycles. The number of nitrogens with zero attached hydrogens (tertiary/aromatic N) is 2. The normalized spacial score (nSPS) is 10.5. The number of aromatic nitrogens is 1. The molecule has 2 rings (SSSR count). The molecule has 0 unspecified atom stereocenters. The third-order valence-corrected chi connectivity index (χ3v) is 2.71. The van der Waals surface area contributed by atoms with E-state index in [4.69, 9.17) is 5.11 Å². The Morgan fingerprint density at radius 3 is 2.88 bits per heavy atom. The van der Waals surface area contributed by atoms with Gasteiger partial charge in [-0.05, 0) is 23.9 Å². The molecule has 0 aliphatic rings. The molecule has 1 N–H and O–H groups in total. The Morgan fingerprint density at radius 2 is 2.18 bits per heavy atom. The zero-order valence-electron chi connectivity index (χ0n) is 9.84. The molecule has 0 saturated heterocycles. The summed E-state index contributed by atoms with van der Waals surface area (Å²) in [5.74, 6) is -0.150. The number of carbonyl (C=O) groups is 1. The van der Waals surface area contributed by atoms with E-state index in [0.717, 1.165) is 16.3 Å². The summed E-state index contributed by atoms with van der Waals surface area (Å²) in [6.45, 7) is 1.95. The van der Waals surface area contributed by atoms with E-state index in [1.54, 1.807) is 18.1 Å². The monoisotopic (exact) mass is 230 g/mol. The van der Waals surface area contributed by atoms with Crippen molar-refractivity contribution in [2.24, 2.45) is 0 Å². The number of fused-ring (bicyclic) bond motifs is 1. The van der Waals surface area contributed by atoms with Gasteiger partial charge in [0.05, 0.1) is 0 Å². The number of rotatable bonds is 3. The average Bonchev–Trinajstić information content (AvgIpc) is 2.28. The van der Waals surface area contributed by atoms with Crippen LogP contribution in [0.15, 0.2) is 30.5 Å². The Kier molecular flexibility index (Phi) is 2.95. The number of aliphatic carboxylic acids is 1. The molecule has 4 heteroatoms. The van der Waals surface area contributed by atoms with Crippen molar-refractivity contribution >= 4 is 22.6 Å². The van der Waals surface area contributed by atoms with Crippen molar-refractivity contribution in [2.45, 2.75) is 6.92 Å². The number of pyridine rings is 1. The molecule has 4 nitrogen and oxygen atoms in total. The predicted molar refractivity (Wildman–Crippen MR) is 67.4 cm³/mol. The summed E-state index contributed by atoms with van der Waals surface area (Å²) < 4.78 is 0. The summed E-state index contributed by atoms with van der Waals surface area (Å²) in [6, 6.07) is 7.92. The zero-order valence-corrected chi connectivity index (χ0v) is 9.84. The minimum absolute atomic E-state index is 0.0551. The molecule has 0 spiro atoms. The molecule has 0 fully saturated rings. The highest BCUT2D eigenvalue weighted by molar-refractivity contribution is 5.95. The number of likely N-dealkylation sites (N-methyl/N-ethyl adjacent to an activating group) is 1. The predicted octanol–water partition coefficient (Wildman–Crippen LogP) is 2.06. The van der Waals surface area contributed by atoms with Crippen molar-refractivity contribution in [3.05, 3.63) is 36.0 Å². The number of aryl methyl sites for hydroxylation is 1. The third kappa shape index (κ3) is 2.20. The van der Waals surface area contributed by atoms with Crippen LogP contribution in [0.3, 0.4) is 0 Å². The van der Waals surface area contributed by atoms with Crippen LogP contribution >= 0.6 is 0 Å². The largest absolute Gasteiger partial charge is 0.480 e. The van der Waals surface area contributed by atoms with Crippen LogP contribution in [0, 0.1) is 6.92 Å². The van der Waals surface area contributed by atoms with E-state index in [1.165, 1.54) is 0 Å². The van der Waals surface area contributed by atoms with Crippen molar-refractivity contribution in [1.82, 2.24) is 4.98 Å². The number of carboxylic acids is 1. The van der Waals surface area contributed by atoms with Crippen LogP contribution in [-0.2, 0) is 4.79 Å². The van der Waals surface area contributed by atoms with Crippen LogP contribution in [0.25, 0.3) is 10.8 Å². The van der Waals surface area contributed by atoms with Crippen LogP contribution in [0.5, 0.6) is 0 Å². The Morgan fingerprint density at radius 1 is 1.41 bits per heavy atom. The van der Waals surface area contributed by atoms with Crippen molar-refractivity contribution in [2.75, 3.05) is 18.5 Å². The van der Waals surface area contributed by atoms with Crippen molar-refractivity contribution in [3.63, 3.8) is 0 Å². The lowest BCUT2D eigenvalue weighted by Crippen LogP contribution is -2.26. The molecule has 0 aliphatic carbocycles. The molecule has 2 aromatic rings. The molecular weight excluding hydrogens is 216 g/mol. The maximum absolute atomic E-state index is 10.7. The number of hydrogen-bond acceptors (Lipinski definition) is 3. The van der Waals surface area contributed by atoms with E-state index in [2.05, 4.69) is 4.98 Å². The van der Waals surface area contributed by atoms with Gasteiger partial charge in [0, 0.05) is 18.6 Å². The van der Waals surface area contributed by atoms with Gasteiger partial charge in [-0.25, -0.2) is 4.98 Å². The summed E-state index contributed by atoms with van der Waals surface area (Å²) in [5.41, 5.74) is 1.10. The second kappa shape index (κ2) is 4.41. The first-order chi connectivity index (χ1) is 8.09. The van der Waals surface area contributed by atoms with Crippen LogP contribution < -0.4 is 4.90 Å². The van der Waals surface area contributed by atoms with Crippen molar-refractivity contribution in [1.29, 1.82) is 0 Å². The van der Waals surface area contributed by atoms with Crippen LogP contribution in [0.2, 0.25) is 0 Å². The molecule has 1 aromatic heterocycles. The quantitative estimate of drug-likeness (QED) is 0.877. The summed E-state index contributed by atoms with van der Waals surface area (Å²) in [6.07, 6.45) is 1.70. The Hall–Kier alpha value is -2.10. The molecule has 1 aromatic carbocycles. The third-order valence-electron chi connectivity index (χ3n) is 2.71. The highest BCUT2D eigenvalue weighted by Gasteiger charge is 2.11. The standard InChI is InChI=1S/C13H14N2O2/c1-9-4-3-5-10-6-7-14-13(12(9)10)15(2)8-11(16)17/h3-7H,8H2,1-2H3,(H,16,17). The van der Waals surface area contributed by atoms with E-state index in [1.807, 2.05) is 31.2 Å². The molecule has 0 saturated carbocycles. The number of carboxylic acid groups (broad SMARTS) is 1. The highest BCUT2D eigenvalue weighted by atomic mass is 16.4. The fraction of sp³-hybridized carbons (Fsp3) is 0.231. The Balaban J connectivity index is 2.57. The fourth-order valence-electron chi connectivity index (χ4n) is 1.95. The number of hydrogen-bond donors (Lipinski definition) is 1. The minimum atomic E-state index is -0.861. The molecular formula is C13H14N2O2. The number of anilines is 1. The van der Waals surface area contributed by atoms with Crippen LogP contribution in [0.1, 0.15) is 5.56 Å². The van der Waals surface area contributed by atoms with Gasteiger partial charge in [0.1, 0.15) is 12.4 Å². The van der Waals surface area contributed by atoms with Gasteiger partial charge in [0.25, 0.3) is 0 Å². The van der Waals surface area contributed by atoms with Gasteiger partial charge in [-0.15, -0.1) is 0 Å². The van der Waals surface area contributed by atoms with Gasteiger partial charge >= 0.3 is 5.97 Å². The summed E-state index contributed by atoms with van der Waals surface area (Å²) in [7, 11) is 1.74. The minimum Gasteiger partial charge on any atom is -0.480 e. The second-order valence-electron chi connectivity index (χ2n) is 4.06. The molecule has 0 radical (unpaired) electrons. The maximum atomic E-state index is 10.7. The van der Waals surface area contributed by atoms with E-state index in [0.29, 0.717) is 5.82 Å². The van der Waals surface area contributed by atoms with Gasteiger partial charge in [-0.1, -0.05) is 18.2 Å². The maximum Gasteiger partial charge on any atom is 0.323 e. The SMILES string of the molecule is Cc1cccc2ccnc(N(C)CC(=O)O)c12. The average molecular weight is 230 g/mol. The molecule has 17 heavy (non-hydrogen) atoms. The topological polar surface area (TPSA) is 53.4 Å². The number of benzene rings is 1. The van der Waals surface area contributed by atoms with Crippen molar-refractivity contribution in [3.8, 4) is 0 Å². The summed E-state index contributed by atoms with van der Waals surface area (Å²) in [4.78, 5) is 16.7. The molecule has 0 amide bonds. The lowest BCUT2D eigenvalue weighted by molar-refractivity contribution is -0.135. The Bertz CT molecular complexity index is 561. The highest BCUT2D eigenvalue weighted by Crippen LogP contribution is 2.26. The van der Waals surface area contributed by atoms with E-state index in [9.17, 15) is 4.79 Å². The van der Waals surface area contributed by atoms with Crippen molar-refractivity contribution < 1.29 is 9.90 Å². The van der Waals surface area contributed by atoms with E-state index in [-0.39, 0.29) is 6.54 Å². The van der Waals surface area contributed by atoms with Gasteiger partial charge in [0.2, 0.25) is 0 Å².